The molecule has 0 aliphatic carbocycles. The van der Waals surface area contributed by atoms with E-state index in [2.05, 4.69) is 77.9 Å². The molecule has 0 bridgehead atoms. The first-order valence-corrected chi connectivity index (χ1v) is 11.4. The Bertz CT molecular complexity index is 739. The van der Waals surface area contributed by atoms with Crippen LogP contribution in [0.15, 0.2) is 52.8 Å². The van der Waals surface area contributed by atoms with Gasteiger partial charge in [0, 0.05) is 30.4 Å². The van der Waals surface area contributed by atoms with Crippen LogP contribution in [0.2, 0.25) is 0 Å². The monoisotopic (exact) mass is 542 g/mol. The Morgan fingerprint density at radius 3 is 2.73 bits per heavy atom. The molecule has 166 valence electrons. The zero-order chi connectivity index (χ0) is 20.5. The van der Waals surface area contributed by atoms with E-state index in [1.165, 1.54) is 10.4 Å². The number of likely N-dealkylation sites (tertiary alicyclic amines) is 1. The molecule has 2 heterocycles. The predicted molar refractivity (Wildman–Crippen MR) is 138 cm³/mol. The minimum atomic E-state index is 0. The van der Waals surface area contributed by atoms with Crippen molar-refractivity contribution >= 4 is 41.3 Å². The first-order valence-electron chi connectivity index (χ1n) is 10.5. The van der Waals surface area contributed by atoms with Gasteiger partial charge >= 0.3 is 0 Å². The van der Waals surface area contributed by atoms with Crippen LogP contribution in [0.3, 0.4) is 0 Å². The highest BCUT2D eigenvalue weighted by Gasteiger charge is 2.25. The fourth-order valence-electron chi connectivity index (χ4n) is 3.67. The summed E-state index contributed by atoms with van der Waals surface area (Å²) in [7, 11) is 4.26. The number of aliphatic imine (C=N–C) groups is 1. The minimum Gasteiger partial charge on any atom is -0.376 e. The summed E-state index contributed by atoms with van der Waals surface area (Å²) in [6.07, 6.45) is 1.15. The summed E-state index contributed by atoms with van der Waals surface area (Å²) >= 11 is 1.80. The third-order valence-corrected chi connectivity index (χ3v) is 6.27. The Labute approximate surface area is 202 Å². The summed E-state index contributed by atoms with van der Waals surface area (Å²) in [4.78, 5) is 11.0. The second kappa shape index (κ2) is 13.3. The molecule has 0 radical (unpaired) electrons. The van der Waals surface area contributed by atoms with Crippen molar-refractivity contribution in [3.63, 3.8) is 0 Å². The first-order chi connectivity index (χ1) is 14.2. The highest BCUT2D eigenvalue weighted by Crippen LogP contribution is 2.24. The zero-order valence-electron chi connectivity index (χ0n) is 18.3. The number of likely N-dealkylation sites (N-methyl/N-ethyl adjacent to an activating group) is 1. The summed E-state index contributed by atoms with van der Waals surface area (Å²) in [6, 6.07) is 15.0. The van der Waals surface area contributed by atoms with Gasteiger partial charge in [0.05, 0.1) is 25.8 Å². The van der Waals surface area contributed by atoms with E-state index in [1.54, 1.807) is 11.3 Å². The largest absolute Gasteiger partial charge is 0.376 e. The third-order valence-electron chi connectivity index (χ3n) is 5.29. The average Bonchev–Trinajstić information content (AvgIpc) is 3.40. The quantitative estimate of drug-likeness (QED) is 0.289. The smallest absolute Gasteiger partial charge is 0.193 e. The molecule has 7 heteroatoms. The van der Waals surface area contributed by atoms with E-state index in [4.69, 9.17) is 9.73 Å². The van der Waals surface area contributed by atoms with Gasteiger partial charge in [0.15, 0.2) is 5.96 Å². The summed E-state index contributed by atoms with van der Waals surface area (Å²) in [5.74, 6) is 1.59. The second-order valence-electron chi connectivity index (χ2n) is 7.79. The minimum absolute atomic E-state index is 0. The Kier molecular flexibility index (Phi) is 11.1. The van der Waals surface area contributed by atoms with Crippen molar-refractivity contribution in [3.8, 4) is 0 Å². The molecule has 1 aromatic heterocycles. The van der Waals surface area contributed by atoms with Crippen molar-refractivity contribution in [2.75, 3.05) is 46.9 Å². The van der Waals surface area contributed by atoms with E-state index >= 15 is 0 Å². The van der Waals surface area contributed by atoms with Gasteiger partial charge < -0.3 is 19.9 Å². The summed E-state index contributed by atoms with van der Waals surface area (Å²) in [5.41, 5.74) is 1.24. The normalized spacial score (nSPS) is 17.8. The Balaban J connectivity index is 0.00000320. The molecule has 3 rings (SSSR count). The molecule has 1 fully saturated rings. The van der Waals surface area contributed by atoms with Crippen LogP contribution in [0.1, 0.15) is 29.8 Å². The molecular weight excluding hydrogens is 507 g/mol. The van der Waals surface area contributed by atoms with Crippen LogP contribution in [0, 0.1) is 5.92 Å². The fraction of sp³-hybridized carbons (Fsp3) is 0.522. The zero-order valence-corrected chi connectivity index (χ0v) is 21.4. The van der Waals surface area contributed by atoms with Crippen molar-refractivity contribution < 1.29 is 4.74 Å². The van der Waals surface area contributed by atoms with E-state index in [0.29, 0.717) is 18.6 Å². The van der Waals surface area contributed by atoms with Crippen LogP contribution in [0.4, 0.5) is 0 Å². The van der Waals surface area contributed by atoms with Gasteiger partial charge in [-0.2, -0.15) is 0 Å². The van der Waals surface area contributed by atoms with Gasteiger partial charge in [-0.05, 0) is 44.4 Å². The lowest BCUT2D eigenvalue weighted by molar-refractivity contribution is 0.0906. The summed E-state index contributed by atoms with van der Waals surface area (Å²) < 4.78 is 5.98. The van der Waals surface area contributed by atoms with Crippen molar-refractivity contribution in [3.05, 3.63) is 58.3 Å². The van der Waals surface area contributed by atoms with Gasteiger partial charge in [-0.25, -0.2) is 0 Å². The second-order valence-corrected chi connectivity index (χ2v) is 8.77. The predicted octanol–water partition coefficient (Wildman–Crippen LogP) is 4.47. The van der Waals surface area contributed by atoms with Gasteiger partial charge in [-0.3, -0.25) is 4.99 Å². The number of hydrogen-bond acceptors (Lipinski definition) is 4. The molecule has 0 saturated carbocycles. The van der Waals surface area contributed by atoms with Crippen LogP contribution >= 0.6 is 35.3 Å². The van der Waals surface area contributed by atoms with E-state index in [-0.39, 0.29) is 24.0 Å². The molecule has 1 aromatic carbocycles. The van der Waals surface area contributed by atoms with Crippen LogP contribution in [0.25, 0.3) is 0 Å². The molecule has 5 nitrogen and oxygen atoms in total. The Morgan fingerprint density at radius 1 is 1.27 bits per heavy atom. The van der Waals surface area contributed by atoms with E-state index < -0.39 is 0 Å². The number of nitrogens with zero attached hydrogens (tertiary/aromatic N) is 3. The van der Waals surface area contributed by atoms with Crippen molar-refractivity contribution in [1.29, 1.82) is 0 Å². The highest BCUT2D eigenvalue weighted by molar-refractivity contribution is 14.0. The maximum Gasteiger partial charge on any atom is 0.193 e. The highest BCUT2D eigenvalue weighted by atomic mass is 127. The molecule has 1 saturated heterocycles. The van der Waals surface area contributed by atoms with Crippen molar-refractivity contribution in [2.45, 2.75) is 26.0 Å². The number of thiophene rings is 1. The standard InChI is InChI=1S/C23H34N4OS.HI/c1-4-24-23(25-15-21(26(2)3)22-11-8-14-29-22)27-13-12-20(16-27)18-28-17-19-9-6-5-7-10-19;/h5-11,14,20-21H,4,12-13,15-18H2,1-3H3,(H,24,25);1H. The number of nitrogens with one attached hydrogen (secondary N) is 1. The molecule has 1 aliphatic rings. The lowest BCUT2D eigenvalue weighted by atomic mass is 10.1. The Morgan fingerprint density at radius 2 is 2.07 bits per heavy atom. The fourth-order valence-corrected chi connectivity index (χ4v) is 4.58. The average molecular weight is 543 g/mol. The van der Waals surface area contributed by atoms with Crippen molar-refractivity contribution in [2.24, 2.45) is 10.9 Å². The van der Waals surface area contributed by atoms with Crippen LogP contribution in [-0.2, 0) is 11.3 Å². The molecule has 2 aromatic rings. The topological polar surface area (TPSA) is 40.1 Å². The van der Waals surface area contributed by atoms with Gasteiger partial charge in [0.1, 0.15) is 0 Å². The third kappa shape index (κ3) is 7.51. The number of hydrogen-bond donors (Lipinski definition) is 1. The number of rotatable bonds is 9. The van der Waals surface area contributed by atoms with Gasteiger partial charge in [-0.15, -0.1) is 35.3 Å². The molecule has 0 spiro atoms. The molecule has 1 N–H and O–H groups in total. The molecule has 2 atom stereocenters. The SMILES string of the molecule is CCNC(=NCC(c1cccs1)N(C)C)N1CCC(COCc2ccccc2)C1.I. The molecule has 30 heavy (non-hydrogen) atoms. The maximum absolute atomic E-state index is 5.98. The van der Waals surface area contributed by atoms with E-state index in [1.807, 2.05) is 6.07 Å². The van der Waals surface area contributed by atoms with Gasteiger partial charge in [-0.1, -0.05) is 36.4 Å². The Hall–Kier alpha value is -1.16. The summed E-state index contributed by atoms with van der Waals surface area (Å²) in [6.45, 7) is 7.33. The number of guanidine groups is 1. The van der Waals surface area contributed by atoms with Gasteiger partial charge in [0.25, 0.3) is 0 Å². The molecular formula is C23H35IN4OS. The molecule has 1 aliphatic heterocycles. The maximum atomic E-state index is 5.98. The summed E-state index contributed by atoms with van der Waals surface area (Å²) in [5, 5.41) is 5.63. The van der Waals surface area contributed by atoms with E-state index in [9.17, 15) is 0 Å². The van der Waals surface area contributed by atoms with Crippen LogP contribution < -0.4 is 5.32 Å². The number of benzene rings is 1. The van der Waals surface area contributed by atoms with Crippen LogP contribution in [0.5, 0.6) is 0 Å². The molecule has 0 amide bonds. The molecule has 2 unspecified atom stereocenters. The lowest BCUT2D eigenvalue weighted by Gasteiger charge is -2.25. The van der Waals surface area contributed by atoms with Crippen molar-refractivity contribution in [1.82, 2.24) is 15.1 Å². The van der Waals surface area contributed by atoms with Gasteiger partial charge in [0.2, 0.25) is 0 Å². The van der Waals surface area contributed by atoms with E-state index in [0.717, 1.165) is 45.2 Å². The van der Waals surface area contributed by atoms with Crippen LogP contribution in [-0.4, -0.2) is 62.6 Å². The first kappa shape index (κ1) is 25.1. The number of ether oxygens (including phenoxy) is 1. The number of halogens is 1. The lowest BCUT2D eigenvalue weighted by Crippen LogP contribution is -2.41.